The van der Waals surface area contributed by atoms with Gasteiger partial charge in [-0.05, 0) is 32.0 Å². The number of likely N-dealkylation sites (tertiary alicyclic amines) is 1. The number of rotatable bonds is 4. The Morgan fingerprint density at radius 2 is 1.54 bits per heavy atom. The largest absolute Gasteiger partial charge is 0.325 e. The fraction of sp³-hybridized carbons (Fsp3) is 0.286. The summed E-state index contributed by atoms with van der Waals surface area (Å²) in [5.41, 5.74) is 1.88. The van der Waals surface area contributed by atoms with Crippen LogP contribution in [0.25, 0.3) is 0 Å². The minimum absolute atomic E-state index is 0.135. The van der Waals surface area contributed by atoms with Crippen LogP contribution >= 0.6 is 0 Å². The van der Waals surface area contributed by atoms with Crippen molar-refractivity contribution < 1.29 is 14.4 Å². The SMILES string of the molecule is O=C(CCN1CCCC1)Nc1cccc2c1C(=O)c1ccccc1C2=O. The third-order valence-corrected chi connectivity index (χ3v) is 5.08. The van der Waals surface area contributed by atoms with Crippen molar-refractivity contribution in [2.24, 2.45) is 0 Å². The van der Waals surface area contributed by atoms with E-state index in [0.717, 1.165) is 19.6 Å². The first-order valence-electron chi connectivity index (χ1n) is 8.99. The monoisotopic (exact) mass is 348 g/mol. The van der Waals surface area contributed by atoms with Crippen LogP contribution in [0.15, 0.2) is 42.5 Å². The quantitative estimate of drug-likeness (QED) is 0.787. The first-order valence-corrected chi connectivity index (χ1v) is 8.99. The number of carbonyl (C=O) groups excluding carboxylic acids is 3. The highest BCUT2D eigenvalue weighted by atomic mass is 16.2. The van der Waals surface area contributed by atoms with Crippen molar-refractivity contribution in [3.8, 4) is 0 Å². The Labute approximate surface area is 152 Å². The Balaban J connectivity index is 1.58. The maximum atomic E-state index is 12.9. The number of amides is 1. The normalized spacial score (nSPS) is 16.3. The smallest absolute Gasteiger partial charge is 0.225 e. The van der Waals surface area contributed by atoms with E-state index in [4.69, 9.17) is 0 Å². The van der Waals surface area contributed by atoms with Crippen LogP contribution in [0.4, 0.5) is 5.69 Å². The van der Waals surface area contributed by atoms with Crippen LogP contribution in [0, 0.1) is 0 Å². The van der Waals surface area contributed by atoms with Crippen LogP contribution in [-0.2, 0) is 4.79 Å². The lowest BCUT2D eigenvalue weighted by atomic mass is 9.83. The van der Waals surface area contributed by atoms with Gasteiger partial charge in [0.2, 0.25) is 5.91 Å². The molecule has 2 aromatic rings. The van der Waals surface area contributed by atoms with E-state index < -0.39 is 0 Å². The number of nitrogens with one attached hydrogen (secondary N) is 1. The van der Waals surface area contributed by atoms with Gasteiger partial charge in [0.25, 0.3) is 0 Å². The Kier molecular flexibility index (Phi) is 4.39. The van der Waals surface area contributed by atoms with Crippen LogP contribution in [0.1, 0.15) is 51.1 Å². The summed E-state index contributed by atoms with van der Waals surface area (Å²) in [5.74, 6) is -0.529. The van der Waals surface area contributed by atoms with Gasteiger partial charge >= 0.3 is 0 Å². The third-order valence-electron chi connectivity index (χ3n) is 5.08. The molecule has 0 unspecified atom stereocenters. The number of anilines is 1. The number of benzene rings is 2. The molecule has 1 aliphatic carbocycles. The number of hydrogen-bond acceptors (Lipinski definition) is 4. The fourth-order valence-electron chi connectivity index (χ4n) is 3.73. The summed E-state index contributed by atoms with van der Waals surface area (Å²) in [6, 6.07) is 11.8. The van der Waals surface area contributed by atoms with Gasteiger partial charge in [0, 0.05) is 29.7 Å². The second kappa shape index (κ2) is 6.84. The molecule has 26 heavy (non-hydrogen) atoms. The molecule has 1 heterocycles. The minimum atomic E-state index is -0.217. The van der Waals surface area contributed by atoms with Crippen molar-refractivity contribution >= 4 is 23.2 Å². The lowest BCUT2D eigenvalue weighted by Crippen LogP contribution is -2.27. The van der Waals surface area contributed by atoms with E-state index in [2.05, 4.69) is 10.2 Å². The Morgan fingerprint density at radius 1 is 0.885 bits per heavy atom. The first-order chi connectivity index (χ1) is 12.6. The van der Waals surface area contributed by atoms with Gasteiger partial charge in [0.1, 0.15) is 0 Å². The van der Waals surface area contributed by atoms with Crippen molar-refractivity contribution in [2.75, 3.05) is 25.0 Å². The number of nitrogens with zero attached hydrogens (tertiary/aromatic N) is 1. The van der Waals surface area contributed by atoms with Gasteiger partial charge in [0.15, 0.2) is 11.6 Å². The Hall–Kier alpha value is -2.79. The molecule has 0 atom stereocenters. The summed E-state index contributed by atoms with van der Waals surface area (Å²) < 4.78 is 0. The molecule has 1 N–H and O–H groups in total. The fourth-order valence-corrected chi connectivity index (χ4v) is 3.73. The van der Waals surface area contributed by atoms with Crippen LogP contribution in [0.2, 0.25) is 0 Å². The highest BCUT2D eigenvalue weighted by molar-refractivity contribution is 6.30. The molecule has 1 saturated heterocycles. The molecule has 2 aliphatic rings. The second-order valence-electron chi connectivity index (χ2n) is 6.78. The molecular weight excluding hydrogens is 328 g/mol. The highest BCUT2D eigenvalue weighted by Crippen LogP contribution is 2.31. The van der Waals surface area contributed by atoms with Gasteiger partial charge in [0.05, 0.1) is 11.3 Å². The average Bonchev–Trinajstić information content (AvgIpc) is 3.18. The van der Waals surface area contributed by atoms with Gasteiger partial charge in [-0.25, -0.2) is 0 Å². The van der Waals surface area contributed by atoms with Gasteiger partial charge in [-0.1, -0.05) is 36.4 Å². The standard InChI is InChI=1S/C21H20N2O3/c24-18(10-13-23-11-3-4-12-23)22-17-9-5-8-16-19(17)21(26)15-7-2-1-6-14(15)20(16)25/h1-2,5-9H,3-4,10-13H2,(H,22,24). The van der Waals surface area contributed by atoms with E-state index in [9.17, 15) is 14.4 Å². The molecule has 1 aliphatic heterocycles. The molecule has 2 aromatic carbocycles. The zero-order valence-electron chi connectivity index (χ0n) is 14.5. The molecule has 132 valence electrons. The van der Waals surface area contributed by atoms with Gasteiger partial charge < -0.3 is 10.2 Å². The topological polar surface area (TPSA) is 66.5 Å². The van der Waals surface area contributed by atoms with E-state index in [1.165, 1.54) is 12.8 Å². The number of fused-ring (bicyclic) bond motifs is 2. The van der Waals surface area contributed by atoms with Gasteiger partial charge in [-0.3, -0.25) is 14.4 Å². The van der Waals surface area contributed by atoms with Gasteiger partial charge in [-0.2, -0.15) is 0 Å². The zero-order chi connectivity index (χ0) is 18.1. The average molecular weight is 348 g/mol. The summed E-state index contributed by atoms with van der Waals surface area (Å²) in [4.78, 5) is 40.3. The number of hydrogen-bond donors (Lipinski definition) is 1. The molecule has 4 rings (SSSR count). The van der Waals surface area contributed by atoms with Crippen LogP contribution in [0.3, 0.4) is 0 Å². The van der Waals surface area contributed by atoms with Crippen LogP contribution in [-0.4, -0.2) is 42.0 Å². The predicted molar refractivity (Wildman–Crippen MR) is 98.7 cm³/mol. The summed E-state index contributed by atoms with van der Waals surface area (Å²) >= 11 is 0. The Morgan fingerprint density at radius 3 is 2.27 bits per heavy atom. The van der Waals surface area contributed by atoms with Crippen LogP contribution < -0.4 is 5.32 Å². The molecule has 0 bridgehead atoms. The van der Waals surface area contributed by atoms with Crippen molar-refractivity contribution in [3.05, 3.63) is 64.7 Å². The third kappa shape index (κ3) is 2.95. The van der Waals surface area contributed by atoms with E-state index in [1.54, 1.807) is 42.5 Å². The van der Waals surface area contributed by atoms with Crippen molar-refractivity contribution in [1.29, 1.82) is 0 Å². The van der Waals surface area contributed by atoms with Gasteiger partial charge in [-0.15, -0.1) is 0 Å². The van der Waals surface area contributed by atoms with E-state index in [1.807, 2.05) is 0 Å². The summed E-state index contributed by atoms with van der Waals surface area (Å²) in [7, 11) is 0. The molecule has 0 spiro atoms. The molecule has 5 nitrogen and oxygen atoms in total. The van der Waals surface area contributed by atoms with E-state index in [-0.39, 0.29) is 17.5 Å². The summed E-state index contributed by atoms with van der Waals surface area (Å²) in [6.45, 7) is 2.80. The lowest BCUT2D eigenvalue weighted by molar-refractivity contribution is -0.116. The molecule has 1 amide bonds. The minimum Gasteiger partial charge on any atom is -0.325 e. The maximum Gasteiger partial charge on any atom is 0.225 e. The highest BCUT2D eigenvalue weighted by Gasteiger charge is 2.31. The van der Waals surface area contributed by atoms with E-state index >= 15 is 0 Å². The molecule has 0 aromatic heterocycles. The Bertz CT molecular complexity index is 898. The van der Waals surface area contributed by atoms with Crippen LogP contribution in [0.5, 0.6) is 0 Å². The maximum absolute atomic E-state index is 12.9. The molecule has 5 heteroatoms. The second-order valence-corrected chi connectivity index (χ2v) is 6.78. The molecule has 0 saturated carbocycles. The molecular formula is C21H20N2O3. The summed E-state index contributed by atoms with van der Waals surface area (Å²) in [6.07, 6.45) is 2.75. The number of carbonyl (C=O) groups is 3. The zero-order valence-corrected chi connectivity index (χ0v) is 14.5. The summed E-state index contributed by atoms with van der Waals surface area (Å²) in [5, 5.41) is 2.84. The van der Waals surface area contributed by atoms with Crippen molar-refractivity contribution in [1.82, 2.24) is 4.90 Å². The molecule has 0 radical (unpaired) electrons. The van der Waals surface area contributed by atoms with Crippen molar-refractivity contribution in [3.63, 3.8) is 0 Å². The number of ketones is 2. The first kappa shape index (κ1) is 16.7. The predicted octanol–water partition coefficient (Wildman–Crippen LogP) is 2.89. The van der Waals surface area contributed by atoms with E-state index in [0.29, 0.717) is 34.4 Å². The molecule has 1 fully saturated rings. The van der Waals surface area contributed by atoms with Crippen molar-refractivity contribution in [2.45, 2.75) is 19.3 Å². The lowest BCUT2D eigenvalue weighted by Gasteiger charge is -2.20.